The fourth-order valence-corrected chi connectivity index (χ4v) is 8.09. The minimum Gasteiger partial charge on any atom is -0.368 e. The molecule has 2 heterocycles. The summed E-state index contributed by atoms with van der Waals surface area (Å²) in [6.45, 7) is 3.78. The molecule has 0 amide bonds. The van der Waals surface area contributed by atoms with Crippen LogP contribution in [0, 0.1) is 22.7 Å². The van der Waals surface area contributed by atoms with Crippen molar-refractivity contribution in [3.8, 4) is 12.1 Å². The summed E-state index contributed by atoms with van der Waals surface area (Å²) in [5, 5.41) is 22.8. The molecule has 10 nitrogen and oxygen atoms in total. The van der Waals surface area contributed by atoms with Crippen LogP contribution in [0.1, 0.15) is 54.5 Å². The zero-order valence-corrected chi connectivity index (χ0v) is 28.3. The van der Waals surface area contributed by atoms with Crippen LogP contribution < -0.4 is 14.5 Å². The van der Waals surface area contributed by atoms with Gasteiger partial charge in [-0.05, 0) is 91.3 Å². The molecule has 2 aliphatic rings. The number of benzene rings is 3. The number of piperazine rings is 1. The maximum absolute atomic E-state index is 14.2. The molecular formula is C36H38N8O2S2. The van der Waals surface area contributed by atoms with Crippen molar-refractivity contribution in [1.82, 2.24) is 19.8 Å². The molecule has 1 aromatic heterocycles. The Bertz CT molecular complexity index is 1900. The number of hydrogen-bond donors (Lipinski definition) is 1. The zero-order chi connectivity index (χ0) is 33.5. The molecule has 12 heteroatoms. The van der Waals surface area contributed by atoms with E-state index in [9.17, 15) is 13.7 Å². The number of thiocarbonyl (C=S) groups is 1. The summed E-state index contributed by atoms with van der Waals surface area (Å²) in [5.74, 6) is 0. The lowest BCUT2D eigenvalue weighted by molar-refractivity contribution is 0.355. The molecule has 0 unspecified atom stereocenters. The summed E-state index contributed by atoms with van der Waals surface area (Å²) in [5.41, 5.74) is 4.16. The van der Waals surface area contributed by atoms with Crippen LogP contribution in [0.25, 0.3) is 0 Å². The average molecular weight is 679 g/mol. The van der Waals surface area contributed by atoms with E-state index in [2.05, 4.69) is 26.2 Å². The Kier molecular flexibility index (Phi) is 10.2. The molecule has 2 fully saturated rings. The van der Waals surface area contributed by atoms with E-state index in [1.807, 2.05) is 47.0 Å². The van der Waals surface area contributed by atoms with Crippen LogP contribution in [0.3, 0.4) is 0 Å². The number of imidazole rings is 1. The zero-order valence-electron chi connectivity index (χ0n) is 26.7. The van der Waals surface area contributed by atoms with Crippen LogP contribution in [-0.4, -0.2) is 60.2 Å². The third kappa shape index (κ3) is 7.62. The van der Waals surface area contributed by atoms with Gasteiger partial charge in [0, 0.05) is 50.6 Å². The lowest BCUT2D eigenvalue weighted by atomic mass is 9.96. The molecule has 1 aliphatic heterocycles. The summed E-state index contributed by atoms with van der Waals surface area (Å²) < 4.78 is 31.6. The van der Waals surface area contributed by atoms with Gasteiger partial charge in [-0.1, -0.05) is 31.4 Å². The number of nitrogens with zero attached hydrogens (tertiary/aromatic N) is 7. The van der Waals surface area contributed by atoms with Gasteiger partial charge in [0.05, 0.1) is 52.4 Å². The van der Waals surface area contributed by atoms with Crippen LogP contribution >= 0.6 is 12.2 Å². The number of nitriles is 2. The van der Waals surface area contributed by atoms with E-state index >= 15 is 0 Å². The molecule has 0 bridgehead atoms. The second-order valence-electron chi connectivity index (χ2n) is 12.2. The van der Waals surface area contributed by atoms with E-state index in [1.54, 1.807) is 24.7 Å². The van der Waals surface area contributed by atoms with Gasteiger partial charge in [-0.25, -0.2) is 13.4 Å². The fourth-order valence-electron chi connectivity index (χ4n) is 6.30. The van der Waals surface area contributed by atoms with Gasteiger partial charge in [-0.2, -0.15) is 10.5 Å². The molecule has 48 heavy (non-hydrogen) atoms. The predicted molar refractivity (Wildman–Crippen MR) is 190 cm³/mol. The van der Waals surface area contributed by atoms with Gasteiger partial charge < -0.3 is 19.7 Å². The summed E-state index contributed by atoms with van der Waals surface area (Å²) in [6, 6.07) is 25.5. The number of hydrogen-bond acceptors (Lipinski definition) is 7. The van der Waals surface area contributed by atoms with Crippen molar-refractivity contribution in [3.63, 3.8) is 0 Å². The van der Waals surface area contributed by atoms with E-state index in [4.69, 9.17) is 17.5 Å². The lowest BCUT2D eigenvalue weighted by Gasteiger charge is -2.38. The highest BCUT2D eigenvalue weighted by Gasteiger charge is 2.27. The largest absolute Gasteiger partial charge is 0.368 e. The van der Waals surface area contributed by atoms with E-state index in [0.717, 1.165) is 42.5 Å². The lowest BCUT2D eigenvalue weighted by Crippen LogP contribution is -2.53. The normalized spacial score (nSPS) is 15.4. The first-order valence-corrected chi connectivity index (χ1v) is 18.1. The monoisotopic (exact) mass is 678 g/mol. The highest BCUT2D eigenvalue weighted by Crippen LogP contribution is 2.29. The standard InChI is InChI=1S/C36H38N8O2S2/c37-22-28-6-8-30(9-7-28)25-43-27-39-24-34(43)26-44(48(45,46)35-16-10-29(23-38)11-17-35)33-14-12-32(13-15-33)41-18-20-42(21-19-41)36(47)40-31-4-2-1-3-5-31/h6-17,24,27,31H,1-5,18-21,25-26H2,(H,40,47). The Balaban J connectivity index is 1.20. The highest BCUT2D eigenvalue weighted by molar-refractivity contribution is 7.92. The van der Waals surface area contributed by atoms with Gasteiger partial charge in [-0.15, -0.1) is 0 Å². The first-order chi connectivity index (χ1) is 23.3. The molecule has 3 aromatic carbocycles. The minimum atomic E-state index is -4.02. The van der Waals surface area contributed by atoms with Gasteiger partial charge in [-0.3, -0.25) is 4.31 Å². The summed E-state index contributed by atoms with van der Waals surface area (Å²) in [6.07, 6.45) is 9.56. The van der Waals surface area contributed by atoms with Gasteiger partial charge >= 0.3 is 0 Å². The van der Waals surface area contributed by atoms with Crippen molar-refractivity contribution >= 4 is 38.7 Å². The molecule has 246 valence electrons. The second kappa shape index (κ2) is 14.9. The summed E-state index contributed by atoms with van der Waals surface area (Å²) in [7, 11) is -4.02. The number of aromatic nitrogens is 2. The molecule has 0 spiro atoms. The number of rotatable bonds is 9. The van der Waals surface area contributed by atoms with Crippen molar-refractivity contribution in [2.45, 2.75) is 56.1 Å². The third-order valence-corrected chi connectivity index (χ3v) is 11.3. The van der Waals surface area contributed by atoms with Gasteiger partial charge in [0.25, 0.3) is 10.0 Å². The van der Waals surface area contributed by atoms with Crippen LogP contribution in [0.2, 0.25) is 0 Å². The van der Waals surface area contributed by atoms with Gasteiger partial charge in [0.15, 0.2) is 5.11 Å². The van der Waals surface area contributed by atoms with E-state index in [-0.39, 0.29) is 11.4 Å². The molecule has 1 N–H and O–H groups in total. The van der Waals surface area contributed by atoms with Crippen molar-refractivity contribution in [2.75, 3.05) is 35.4 Å². The Morgan fingerprint density at radius 2 is 1.50 bits per heavy atom. The van der Waals surface area contributed by atoms with E-state index in [0.29, 0.717) is 35.1 Å². The van der Waals surface area contributed by atoms with Crippen molar-refractivity contribution in [2.24, 2.45) is 0 Å². The summed E-state index contributed by atoms with van der Waals surface area (Å²) >= 11 is 5.75. The van der Waals surface area contributed by atoms with E-state index in [1.165, 1.54) is 60.7 Å². The average Bonchev–Trinajstić information content (AvgIpc) is 3.57. The highest BCUT2D eigenvalue weighted by atomic mass is 32.2. The molecule has 0 radical (unpaired) electrons. The van der Waals surface area contributed by atoms with Crippen molar-refractivity contribution in [3.05, 3.63) is 108 Å². The maximum atomic E-state index is 14.2. The molecule has 6 rings (SSSR count). The molecule has 1 aliphatic carbocycles. The first-order valence-electron chi connectivity index (χ1n) is 16.3. The molecule has 1 saturated carbocycles. The topological polar surface area (TPSA) is 121 Å². The SMILES string of the molecule is N#Cc1ccc(Cn2cncc2CN(c2ccc(N3CCN(C(=S)NC4CCCCC4)CC3)cc2)S(=O)(=O)c2ccc(C#N)cc2)cc1. The molecule has 4 aromatic rings. The Hall–Kier alpha value is -4.91. The predicted octanol–water partition coefficient (Wildman–Crippen LogP) is 5.40. The maximum Gasteiger partial charge on any atom is 0.264 e. The van der Waals surface area contributed by atoms with Crippen molar-refractivity contribution in [1.29, 1.82) is 10.5 Å². The Labute approximate surface area is 287 Å². The third-order valence-electron chi connectivity index (χ3n) is 9.11. The van der Waals surface area contributed by atoms with Crippen LogP contribution in [0.4, 0.5) is 11.4 Å². The smallest absolute Gasteiger partial charge is 0.264 e. The van der Waals surface area contributed by atoms with Crippen LogP contribution in [-0.2, 0) is 23.1 Å². The van der Waals surface area contributed by atoms with Gasteiger partial charge in [0.2, 0.25) is 0 Å². The van der Waals surface area contributed by atoms with Crippen molar-refractivity contribution < 1.29 is 8.42 Å². The minimum absolute atomic E-state index is 0.0437. The summed E-state index contributed by atoms with van der Waals surface area (Å²) in [4.78, 5) is 8.98. The molecule has 1 saturated heterocycles. The van der Waals surface area contributed by atoms with Gasteiger partial charge in [0.1, 0.15) is 0 Å². The van der Waals surface area contributed by atoms with Crippen LogP contribution in [0.15, 0.2) is 90.2 Å². The van der Waals surface area contributed by atoms with Crippen LogP contribution in [0.5, 0.6) is 0 Å². The Morgan fingerprint density at radius 3 is 2.12 bits per heavy atom. The van der Waals surface area contributed by atoms with E-state index < -0.39 is 10.0 Å². The number of anilines is 2. The number of nitrogens with one attached hydrogen (secondary N) is 1. The molecular weight excluding hydrogens is 641 g/mol. The Morgan fingerprint density at radius 1 is 0.875 bits per heavy atom. The fraction of sp³-hybridized carbons (Fsp3) is 0.333. The number of sulfonamides is 1. The molecule has 0 atom stereocenters. The second-order valence-corrected chi connectivity index (χ2v) is 14.5. The first kappa shape index (κ1) is 33.0. The quantitative estimate of drug-likeness (QED) is 0.232.